The fraction of sp³-hybridized carbons (Fsp3) is 1.00. The van der Waals surface area contributed by atoms with E-state index in [1.54, 1.807) is 0 Å². The third-order valence-electron chi connectivity index (χ3n) is 4.34. The average Bonchev–Trinajstić information content (AvgIpc) is 2.50. The topological polar surface area (TPSA) is 66.8 Å². The number of aliphatic hydroxyl groups excluding tert-OH is 1. The smallest absolute Gasteiger partial charge is 0.382 e. The highest BCUT2D eigenvalue weighted by Crippen LogP contribution is 2.40. The third-order valence-corrected chi connectivity index (χ3v) is 5.65. The van der Waals surface area contributed by atoms with Crippen molar-refractivity contribution < 1.29 is 23.8 Å². The van der Waals surface area contributed by atoms with Gasteiger partial charge in [0.05, 0.1) is 21.1 Å². The lowest BCUT2D eigenvalue weighted by Crippen LogP contribution is -2.41. The average molecular weight is 365 g/mol. The molecule has 0 aromatic heterocycles. The predicted molar refractivity (Wildman–Crippen MR) is 100 cm³/mol. The summed E-state index contributed by atoms with van der Waals surface area (Å²) >= 11 is 0. The molecule has 6 heteroatoms. The van der Waals surface area contributed by atoms with Gasteiger partial charge in [-0.05, 0) is 17.4 Å². The van der Waals surface area contributed by atoms with Crippen molar-refractivity contribution in [2.24, 2.45) is 0 Å². The van der Waals surface area contributed by atoms with E-state index in [-0.39, 0.29) is 0 Å². The molecule has 0 aromatic carbocycles. The molecule has 3 unspecified atom stereocenters. The summed E-state index contributed by atoms with van der Waals surface area (Å²) in [5, 5.41) is 21.4. The Balaban J connectivity index is 4.62. The standard InChI is InChI=1S/C18H40NO4P/c1-6-8-10-12-14-18(21,13-11-9-7-2)17(20)24(22)23-16-15-19(3,4)5/h17,20-21H,6-16H2,1-5H3/q+2. The zero-order valence-electron chi connectivity index (χ0n) is 16.5. The second-order valence-corrected chi connectivity index (χ2v) is 9.20. The minimum atomic E-state index is -2.28. The summed E-state index contributed by atoms with van der Waals surface area (Å²) < 4.78 is 18.4. The molecule has 0 saturated carbocycles. The van der Waals surface area contributed by atoms with Crippen molar-refractivity contribution in [3.05, 3.63) is 0 Å². The van der Waals surface area contributed by atoms with Crippen molar-refractivity contribution >= 4 is 8.03 Å². The lowest BCUT2D eigenvalue weighted by atomic mass is 9.90. The Morgan fingerprint density at radius 1 is 1.00 bits per heavy atom. The Morgan fingerprint density at radius 2 is 1.50 bits per heavy atom. The van der Waals surface area contributed by atoms with Gasteiger partial charge >= 0.3 is 13.9 Å². The quantitative estimate of drug-likeness (QED) is 0.261. The van der Waals surface area contributed by atoms with Gasteiger partial charge in [-0.25, -0.2) is 0 Å². The lowest BCUT2D eigenvalue weighted by Gasteiger charge is -2.27. The molecule has 0 amide bonds. The molecule has 0 aromatic rings. The molecule has 24 heavy (non-hydrogen) atoms. The molecule has 0 bridgehead atoms. The van der Waals surface area contributed by atoms with Crippen LogP contribution >= 0.6 is 8.03 Å². The molecule has 0 heterocycles. The van der Waals surface area contributed by atoms with Crippen LogP contribution in [0.25, 0.3) is 0 Å². The van der Waals surface area contributed by atoms with Gasteiger partial charge in [-0.1, -0.05) is 58.8 Å². The van der Waals surface area contributed by atoms with E-state index in [2.05, 4.69) is 13.8 Å². The second kappa shape index (κ2) is 12.3. The van der Waals surface area contributed by atoms with Crippen LogP contribution in [-0.2, 0) is 9.09 Å². The van der Waals surface area contributed by atoms with Gasteiger partial charge in [0.2, 0.25) is 0 Å². The summed E-state index contributed by atoms with van der Waals surface area (Å²) in [5.74, 6) is -1.31. The van der Waals surface area contributed by atoms with E-state index in [0.29, 0.717) is 30.5 Å². The number of aliphatic hydroxyl groups is 2. The van der Waals surface area contributed by atoms with Crippen LogP contribution in [0.4, 0.5) is 0 Å². The highest BCUT2D eigenvalue weighted by Gasteiger charge is 2.49. The summed E-state index contributed by atoms with van der Waals surface area (Å²) in [6.07, 6.45) is 7.96. The summed E-state index contributed by atoms with van der Waals surface area (Å²) in [5.41, 5.74) is -1.30. The minimum Gasteiger partial charge on any atom is -0.382 e. The maximum Gasteiger partial charge on any atom is 0.543 e. The van der Waals surface area contributed by atoms with Crippen LogP contribution in [0.1, 0.15) is 71.6 Å². The van der Waals surface area contributed by atoms with Gasteiger partial charge in [0.15, 0.2) is 6.61 Å². The van der Waals surface area contributed by atoms with Crippen molar-refractivity contribution in [3.63, 3.8) is 0 Å². The highest BCUT2D eigenvalue weighted by molar-refractivity contribution is 7.39. The Labute approximate surface area is 149 Å². The number of nitrogens with zero attached hydrogens (tertiary/aromatic N) is 1. The van der Waals surface area contributed by atoms with E-state index < -0.39 is 19.5 Å². The van der Waals surface area contributed by atoms with E-state index in [1.165, 1.54) is 0 Å². The van der Waals surface area contributed by atoms with E-state index in [1.807, 2.05) is 21.1 Å². The van der Waals surface area contributed by atoms with Crippen molar-refractivity contribution in [2.75, 3.05) is 34.3 Å². The van der Waals surface area contributed by atoms with Crippen molar-refractivity contribution in [1.29, 1.82) is 0 Å². The second-order valence-electron chi connectivity index (χ2n) is 7.88. The zero-order chi connectivity index (χ0) is 18.6. The highest BCUT2D eigenvalue weighted by atomic mass is 31.1. The maximum absolute atomic E-state index is 12.3. The van der Waals surface area contributed by atoms with Crippen molar-refractivity contribution in [1.82, 2.24) is 0 Å². The van der Waals surface area contributed by atoms with Gasteiger partial charge in [-0.2, -0.15) is 0 Å². The fourth-order valence-electron chi connectivity index (χ4n) is 2.59. The largest absolute Gasteiger partial charge is 0.543 e. The van der Waals surface area contributed by atoms with Gasteiger partial charge in [-0.15, -0.1) is 4.52 Å². The normalized spacial score (nSPS) is 16.7. The first-order chi connectivity index (χ1) is 11.2. The molecule has 144 valence electrons. The van der Waals surface area contributed by atoms with Crippen LogP contribution in [0.2, 0.25) is 0 Å². The van der Waals surface area contributed by atoms with Crippen LogP contribution in [0.5, 0.6) is 0 Å². The van der Waals surface area contributed by atoms with Crippen molar-refractivity contribution in [3.8, 4) is 0 Å². The first-order valence-corrected chi connectivity index (χ1v) is 10.7. The molecular formula is C18H40NO4P+2. The predicted octanol–water partition coefficient (Wildman–Crippen LogP) is 4.05. The molecule has 2 N–H and O–H groups in total. The van der Waals surface area contributed by atoms with Crippen LogP contribution in [0.15, 0.2) is 0 Å². The molecule has 0 saturated heterocycles. The van der Waals surface area contributed by atoms with Gasteiger partial charge in [0, 0.05) is 0 Å². The molecule has 0 aliphatic carbocycles. The van der Waals surface area contributed by atoms with Gasteiger partial charge in [0.1, 0.15) is 12.1 Å². The van der Waals surface area contributed by atoms with Gasteiger partial charge < -0.3 is 14.7 Å². The first-order valence-electron chi connectivity index (χ1n) is 9.46. The molecule has 0 aliphatic heterocycles. The number of unbranched alkanes of at least 4 members (excludes halogenated alkanes) is 5. The summed E-state index contributed by atoms with van der Waals surface area (Å²) in [6, 6.07) is 0. The fourth-order valence-corrected chi connectivity index (χ4v) is 3.65. The Bertz CT molecular complexity index is 346. The summed E-state index contributed by atoms with van der Waals surface area (Å²) in [7, 11) is 3.81. The monoisotopic (exact) mass is 365 g/mol. The van der Waals surface area contributed by atoms with E-state index in [0.717, 1.165) is 44.9 Å². The number of likely N-dealkylation sites (N-methyl/N-ethyl adjacent to an activating group) is 1. The SMILES string of the molecule is CCCCCCC(O)(CCCCC)C(O)[P+](=O)OCC[N+](C)(C)C. The summed E-state index contributed by atoms with van der Waals surface area (Å²) in [4.78, 5) is 0. The molecule has 0 rings (SSSR count). The molecule has 0 radical (unpaired) electrons. The molecule has 0 spiro atoms. The van der Waals surface area contributed by atoms with E-state index in [4.69, 9.17) is 4.52 Å². The third kappa shape index (κ3) is 10.7. The zero-order valence-corrected chi connectivity index (χ0v) is 17.4. The van der Waals surface area contributed by atoms with Crippen LogP contribution in [0.3, 0.4) is 0 Å². The van der Waals surface area contributed by atoms with Gasteiger partial charge in [0.25, 0.3) is 0 Å². The van der Waals surface area contributed by atoms with Gasteiger partial charge in [-0.3, -0.25) is 0 Å². The number of rotatable bonds is 15. The Morgan fingerprint density at radius 3 is 2.00 bits per heavy atom. The number of hydrogen-bond acceptors (Lipinski definition) is 4. The maximum atomic E-state index is 12.3. The van der Waals surface area contributed by atoms with Crippen LogP contribution < -0.4 is 0 Å². The Hall–Kier alpha value is -0.0600. The first kappa shape index (κ1) is 23.9. The minimum absolute atomic E-state index is 0.316. The molecule has 3 atom stereocenters. The number of hydrogen-bond donors (Lipinski definition) is 2. The van der Waals surface area contributed by atoms with Crippen LogP contribution in [0, 0.1) is 0 Å². The molecular weight excluding hydrogens is 325 g/mol. The molecule has 0 aliphatic rings. The lowest BCUT2D eigenvalue weighted by molar-refractivity contribution is -0.870. The van der Waals surface area contributed by atoms with Crippen molar-refractivity contribution in [2.45, 2.75) is 83.1 Å². The van der Waals surface area contributed by atoms with E-state index >= 15 is 0 Å². The number of quaternary nitrogens is 1. The Kier molecular flexibility index (Phi) is 12.3. The van der Waals surface area contributed by atoms with Crippen LogP contribution in [-0.4, -0.2) is 60.4 Å². The van der Waals surface area contributed by atoms with E-state index in [9.17, 15) is 14.8 Å². The summed E-state index contributed by atoms with van der Waals surface area (Å²) in [6.45, 7) is 5.26. The molecule has 0 fully saturated rings. The molecule has 5 nitrogen and oxygen atoms in total.